The number of para-hydroxylation sites is 2. The Morgan fingerprint density at radius 2 is 1.94 bits per heavy atom. The van der Waals surface area contributed by atoms with Gasteiger partial charge in [-0.15, -0.1) is 0 Å². The Kier molecular flexibility index (Phi) is 5.62. The van der Waals surface area contributed by atoms with Gasteiger partial charge in [-0.1, -0.05) is 24.3 Å². The Bertz CT molecular complexity index is 1120. The van der Waals surface area contributed by atoms with E-state index in [4.69, 9.17) is 4.74 Å². The summed E-state index contributed by atoms with van der Waals surface area (Å²) in [5.74, 6) is 1.01. The van der Waals surface area contributed by atoms with Gasteiger partial charge in [0.1, 0.15) is 18.1 Å². The predicted octanol–water partition coefficient (Wildman–Crippen LogP) is 3.67. The van der Waals surface area contributed by atoms with Crippen molar-refractivity contribution in [3.63, 3.8) is 0 Å². The Morgan fingerprint density at radius 3 is 2.65 bits per heavy atom. The predicted molar refractivity (Wildman–Crippen MR) is 121 cm³/mol. The molecule has 2 N–H and O–H groups in total. The number of carbonyl (C=O) groups excluding carboxylic acids is 1. The van der Waals surface area contributed by atoms with E-state index in [1.165, 1.54) is 6.33 Å². The standard InChI is InChI=1S/C23H26N6O2/c1-5-31-19-9-7-6-8-18(19)27-22(30)20-15(2)26-23-24-14-25-29(23)21(20)16-10-12-17(13-11-16)28(3)4/h6-14,21H,5H2,1-4H3,(H,27,30)(H,24,25,26)/t21-/m0/s1. The number of hydrogen-bond acceptors (Lipinski definition) is 6. The van der Waals surface area contributed by atoms with Crippen LogP contribution >= 0.6 is 0 Å². The summed E-state index contributed by atoms with van der Waals surface area (Å²) in [5.41, 5.74) is 3.95. The molecule has 1 atom stereocenters. The maximum atomic E-state index is 13.5. The molecule has 0 unspecified atom stereocenters. The first-order valence-corrected chi connectivity index (χ1v) is 10.2. The van der Waals surface area contributed by atoms with Crippen LogP contribution in [0.5, 0.6) is 5.75 Å². The van der Waals surface area contributed by atoms with E-state index in [9.17, 15) is 4.79 Å². The SMILES string of the molecule is CCOc1ccccc1NC(=O)C1=C(C)Nc2ncnn2[C@H]1c1ccc(N(C)C)cc1. The van der Waals surface area contributed by atoms with Gasteiger partial charge < -0.3 is 20.3 Å². The lowest BCUT2D eigenvalue weighted by molar-refractivity contribution is -0.113. The number of nitrogens with one attached hydrogen (secondary N) is 2. The summed E-state index contributed by atoms with van der Waals surface area (Å²) in [5, 5.41) is 10.6. The molecule has 1 aromatic heterocycles. The van der Waals surface area contributed by atoms with Crippen LogP contribution in [-0.2, 0) is 4.79 Å². The summed E-state index contributed by atoms with van der Waals surface area (Å²) in [6, 6.07) is 15.1. The largest absolute Gasteiger partial charge is 0.492 e. The normalized spacial score (nSPS) is 15.2. The van der Waals surface area contributed by atoms with Gasteiger partial charge in [0.2, 0.25) is 5.95 Å². The second kappa shape index (κ2) is 8.51. The number of carbonyl (C=O) groups is 1. The zero-order chi connectivity index (χ0) is 22.0. The van der Waals surface area contributed by atoms with Crippen LogP contribution < -0.4 is 20.3 Å². The van der Waals surface area contributed by atoms with Crippen LogP contribution in [-0.4, -0.2) is 41.4 Å². The van der Waals surface area contributed by atoms with Crippen LogP contribution in [0.4, 0.5) is 17.3 Å². The Morgan fingerprint density at radius 1 is 1.19 bits per heavy atom. The number of hydrogen-bond donors (Lipinski definition) is 2. The first-order valence-electron chi connectivity index (χ1n) is 10.2. The molecule has 0 spiro atoms. The summed E-state index contributed by atoms with van der Waals surface area (Å²) in [7, 11) is 3.99. The molecular weight excluding hydrogens is 392 g/mol. The van der Waals surface area contributed by atoms with Gasteiger partial charge >= 0.3 is 0 Å². The number of allylic oxidation sites excluding steroid dienone is 1. The van der Waals surface area contributed by atoms with Crippen LogP contribution in [0.2, 0.25) is 0 Å². The molecule has 8 heteroatoms. The van der Waals surface area contributed by atoms with Gasteiger partial charge in [0.15, 0.2) is 0 Å². The first-order chi connectivity index (χ1) is 15.0. The van der Waals surface area contributed by atoms with E-state index in [0.717, 1.165) is 16.9 Å². The monoisotopic (exact) mass is 418 g/mol. The lowest BCUT2D eigenvalue weighted by Gasteiger charge is -2.29. The van der Waals surface area contributed by atoms with E-state index in [-0.39, 0.29) is 5.91 Å². The van der Waals surface area contributed by atoms with Crippen molar-refractivity contribution < 1.29 is 9.53 Å². The van der Waals surface area contributed by atoms with E-state index in [2.05, 4.69) is 20.7 Å². The van der Waals surface area contributed by atoms with Crippen molar-refractivity contribution in [3.8, 4) is 5.75 Å². The number of nitrogens with zero attached hydrogens (tertiary/aromatic N) is 4. The van der Waals surface area contributed by atoms with Gasteiger partial charge in [0.05, 0.1) is 17.9 Å². The lowest BCUT2D eigenvalue weighted by atomic mass is 9.94. The van der Waals surface area contributed by atoms with Gasteiger partial charge in [0, 0.05) is 25.5 Å². The molecule has 3 aromatic rings. The maximum Gasteiger partial charge on any atom is 0.255 e. The fourth-order valence-electron chi connectivity index (χ4n) is 3.69. The second-order valence-corrected chi connectivity index (χ2v) is 7.46. The lowest BCUT2D eigenvalue weighted by Crippen LogP contribution is -2.31. The molecule has 0 saturated carbocycles. The number of rotatable bonds is 6. The Hall–Kier alpha value is -3.81. The average molecular weight is 419 g/mol. The highest BCUT2D eigenvalue weighted by Gasteiger charge is 2.33. The smallest absolute Gasteiger partial charge is 0.255 e. The molecule has 2 aromatic carbocycles. The molecule has 1 aliphatic rings. The fourth-order valence-corrected chi connectivity index (χ4v) is 3.69. The molecule has 1 aliphatic heterocycles. The molecule has 8 nitrogen and oxygen atoms in total. The molecular formula is C23H26N6O2. The average Bonchev–Trinajstić information content (AvgIpc) is 3.22. The molecule has 2 heterocycles. The number of anilines is 3. The minimum Gasteiger partial charge on any atom is -0.492 e. The molecule has 1 amide bonds. The summed E-state index contributed by atoms with van der Waals surface area (Å²) < 4.78 is 7.40. The number of ether oxygens (including phenoxy) is 1. The van der Waals surface area contributed by atoms with Crippen LogP contribution in [0, 0.1) is 0 Å². The van der Waals surface area contributed by atoms with Gasteiger partial charge in [-0.3, -0.25) is 4.79 Å². The van der Waals surface area contributed by atoms with E-state index in [1.54, 1.807) is 4.68 Å². The minimum absolute atomic E-state index is 0.222. The Labute approximate surface area is 181 Å². The van der Waals surface area contributed by atoms with Crippen molar-refractivity contribution in [2.45, 2.75) is 19.9 Å². The zero-order valence-corrected chi connectivity index (χ0v) is 18.1. The van der Waals surface area contributed by atoms with Crippen LogP contribution in [0.15, 0.2) is 66.1 Å². The maximum absolute atomic E-state index is 13.5. The zero-order valence-electron chi connectivity index (χ0n) is 18.1. The van der Waals surface area contributed by atoms with Crippen molar-refractivity contribution in [2.75, 3.05) is 36.2 Å². The summed E-state index contributed by atoms with van der Waals surface area (Å²) >= 11 is 0. The van der Waals surface area contributed by atoms with Gasteiger partial charge in [-0.05, 0) is 43.7 Å². The van der Waals surface area contributed by atoms with Gasteiger partial charge in [0.25, 0.3) is 5.91 Å². The van der Waals surface area contributed by atoms with Crippen LogP contribution in [0.25, 0.3) is 0 Å². The van der Waals surface area contributed by atoms with Gasteiger partial charge in [-0.25, -0.2) is 4.68 Å². The molecule has 0 fully saturated rings. The molecule has 160 valence electrons. The molecule has 31 heavy (non-hydrogen) atoms. The molecule has 0 saturated heterocycles. The van der Waals surface area contributed by atoms with E-state index in [1.807, 2.05) is 81.4 Å². The van der Waals surface area contributed by atoms with Gasteiger partial charge in [-0.2, -0.15) is 10.1 Å². The molecule has 0 aliphatic carbocycles. The second-order valence-electron chi connectivity index (χ2n) is 7.46. The van der Waals surface area contributed by atoms with Crippen LogP contribution in [0.3, 0.4) is 0 Å². The van der Waals surface area contributed by atoms with Crippen molar-refractivity contribution >= 4 is 23.2 Å². The highest BCUT2D eigenvalue weighted by Crippen LogP contribution is 2.36. The van der Waals surface area contributed by atoms with E-state index in [0.29, 0.717) is 29.6 Å². The quantitative estimate of drug-likeness (QED) is 0.635. The number of fused-ring (bicyclic) bond motifs is 1. The molecule has 0 bridgehead atoms. The van der Waals surface area contributed by atoms with Crippen LogP contribution in [0.1, 0.15) is 25.5 Å². The fraction of sp³-hybridized carbons (Fsp3) is 0.261. The minimum atomic E-state index is -0.408. The summed E-state index contributed by atoms with van der Waals surface area (Å²) in [4.78, 5) is 19.8. The van der Waals surface area contributed by atoms with Crippen molar-refractivity contribution in [2.24, 2.45) is 0 Å². The van der Waals surface area contributed by atoms with Crippen molar-refractivity contribution in [3.05, 3.63) is 71.7 Å². The Balaban J connectivity index is 1.73. The van der Waals surface area contributed by atoms with Crippen molar-refractivity contribution in [1.82, 2.24) is 14.8 Å². The molecule has 4 rings (SSSR count). The van der Waals surface area contributed by atoms with E-state index < -0.39 is 6.04 Å². The first kappa shape index (κ1) is 20.5. The van der Waals surface area contributed by atoms with Crippen molar-refractivity contribution in [1.29, 1.82) is 0 Å². The van der Waals surface area contributed by atoms with E-state index >= 15 is 0 Å². The number of aromatic nitrogens is 3. The third-order valence-electron chi connectivity index (χ3n) is 5.20. The summed E-state index contributed by atoms with van der Waals surface area (Å²) in [6.07, 6.45) is 1.49. The topological polar surface area (TPSA) is 84.3 Å². The summed E-state index contributed by atoms with van der Waals surface area (Å²) in [6.45, 7) is 4.30. The number of amides is 1. The highest BCUT2D eigenvalue weighted by atomic mass is 16.5. The highest BCUT2D eigenvalue weighted by molar-refractivity contribution is 6.06. The third-order valence-corrected chi connectivity index (χ3v) is 5.20. The number of benzene rings is 2. The molecule has 0 radical (unpaired) electrons. The third kappa shape index (κ3) is 3.96.